The summed E-state index contributed by atoms with van der Waals surface area (Å²) in [5.74, 6) is 0. The predicted octanol–water partition coefficient (Wildman–Crippen LogP) is 4.18. The van der Waals surface area contributed by atoms with Gasteiger partial charge in [0.25, 0.3) is 0 Å². The van der Waals surface area contributed by atoms with Crippen LogP contribution in [0.25, 0.3) is 0 Å². The first-order chi connectivity index (χ1) is 6.50. The van der Waals surface area contributed by atoms with Crippen LogP contribution in [0.4, 0.5) is 0 Å². The molecule has 0 heteroatoms. The smallest absolute Gasteiger partial charge is 0.0166 e. The molecular weight excluding hydrogens is 156 g/mol. The third-order valence-electron chi connectivity index (χ3n) is 2.00. The maximum atomic E-state index is 2.28. The van der Waals surface area contributed by atoms with Crippen molar-refractivity contribution in [2.24, 2.45) is 0 Å². The van der Waals surface area contributed by atoms with Crippen LogP contribution in [-0.2, 0) is 0 Å². The summed E-state index contributed by atoms with van der Waals surface area (Å²) in [4.78, 5) is 0. The molecule has 70 valence electrons. The highest BCUT2D eigenvalue weighted by Gasteiger charge is 1.80. The van der Waals surface area contributed by atoms with Gasteiger partial charge in [-0.2, -0.15) is 0 Å². The highest BCUT2D eigenvalue weighted by molar-refractivity contribution is 5.07. The molecule has 0 heterocycles. The fraction of sp³-hybridized carbons (Fsp3) is 0.385. The molecule has 0 fully saturated rings. The van der Waals surface area contributed by atoms with Gasteiger partial charge in [-0.3, -0.25) is 0 Å². The molecular formula is C13H18. The second-order valence-corrected chi connectivity index (χ2v) is 3.20. The molecule has 0 saturated heterocycles. The summed E-state index contributed by atoms with van der Waals surface area (Å²) in [5.41, 5.74) is 0. The molecule has 0 bridgehead atoms. The minimum atomic E-state index is 1.07. The van der Waals surface area contributed by atoms with Crippen LogP contribution in [0.5, 0.6) is 0 Å². The highest BCUT2D eigenvalue weighted by atomic mass is 13.9. The zero-order valence-electron chi connectivity index (χ0n) is 8.15. The van der Waals surface area contributed by atoms with E-state index in [4.69, 9.17) is 0 Å². The first-order valence-electron chi connectivity index (χ1n) is 5.12. The molecule has 0 N–H and O–H groups in total. The minimum absolute atomic E-state index is 1.07. The lowest BCUT2D eigenvalue weighted by atomic mass is 10.2. The van der Waals surface area contributed by atoms with Gasteiger partial charge >= 0.3 is 0 Å². The van der Waals surface area contributed by atoms with Gasteiger partial charge in [0.2, 0.25) is 0 Å². The van der Waals surface area contributed by atoms with Gasteiger partial charge in [-0.05, 0) is 32.1 Å². The first-order valence-corrected chi connectivity index (χ1v) is 5.12. The Bertz CT molecular complexity index is 192. The fourth-order valence-corrected chi connectivity index (χ4v) is 1.25. The van der Waals surface area contributed by atoms with Crippen LogP contribution in [0, 0.1) is 0 Å². The quantitative estimate of drug-likeness (QED) is 0.483. The molecule has 1 rings (SSSR count). The summed E-state index contributed by atoms with van der Waals surface area (Å²) < 4.78 is 0. The van der Waals surface area contributed by atoms with Gasteiger partial charge in [0.15, 0.2) is 0 Å². The molecule has 1 aliphatic carbocycles. The van der Waals surface area contributed by atoms with Gasteiger partial charge in [-0.1, -0.05) is 48.6 Å². The Morgan fingerprint density at radius 3 is 1.62 bits per heavy atom. The molecule has 0 aromatic carbocycles. The lowest BCUT2D eigenvalue weighted by Crippen LogP contribution is -1.69. The summed E-state index contributed by atoms with van der Waals surface area (Å²) in [6, 6.07) is 0. The summed E-state index contributed by atoms with van der Waals surface area (Å²) in [7, 11) is 0. The third kappa shape index (κ3) is 6.15. The van der Waals surface area contributed by atoms with Gasteiger partial charge < -0.3 is 0 Å². The molecule has 0 aromatic rings. The van der Waals surface area contributed by atoms with E-state index in [0.717, 1.165) is 12.8 Å². The number of rotatable bonds is 0. The van der Waals surface area contributed by atoms with Crippen molar-refractivity contribution in [1.29, 1.82) is 0 Å². The lowest BCUT2D eigenvalue weighted by Gasteiger charge is -1.89. The van der Waals surface area contributed by atoms with E-state index in [-0.39, 0.29) is 0 Å². The molecule has 0 spiro atoms. The molecule has 0 saturated carbocycles. The van der Waals surface area contributed by atoms with E-state index < -0.39 is 0 Å². The van der Waals surface area contributed by atoms with Crippen molar-refractivity contribution in [2.75, 3.05) is 0 Å². The third-order valence-corrected chi connectivity index (χ3v) is 2.00. The van der Waals surface area contributed by atoms with Crippen LogP contribution in [0.1, 0.15) is 32.1 Å². The Morgan fingerprint density at radius 2 is 1.08 bits per heavy atom. The Balaban J connectivity index is 2.38. The standard InChI is InChI=1S/C13H18/c1-2-4-6-8-10-12-13-11-9-7-5-3-1/h1-4,7-10H,5-6,11-13H2/b3-1-,4-2+,9-7+,10-8?. The molecule has 0 nitrogen and oxygen atoms in total. The Kier molecular flexibility index (Phi) is 5.87. The van der Waals surface area contributed by atoms with Gasteiger partial charge in [-0.15, -0.1) is 0 Å². The van der Waals surface area contributed by atoms with Crippen molar-refractivity contribution in [3.05, 3.63) is 48.6 Å². The fourth-order valence-electron chi connectivity index (χ4n) is 1.25. The maximum absolute atomic E-state index is 2.28. The number of hydrogen-bond acceptors (Lipinski definition) is 0. The van der Waals surface area contributed by atoms with Gasteiger partial charge in [-0.25, -0.2) is 0 Å². The minimum Gasteiger partial charge on any atom is -0.0882 e. The van der Waals surface area contributed by atoms with E-state index in [9.17, 15) is 0 Å². The van der Waals surface area contributed by atoms with E-state index in [1.54, 1.807) is 0 Å². The van der Waals surface area contributed by atoms with E-state index in [1.165, 1.54) is 19.3 Å². The molecule has 0 atom stereocenters. The average Bonchev–Trinajstić information content (AvgIpc) is 2.18. The zero-order valence-corrected chi connectivity index (χ0v) is 8.15. The lowest BCUT2D eigenvalue weighted by molar-refractivity contribution is 0.864. The van der Waals surface area contributed by atoms with Crippen molar-refractivity contribution in [3.63, 3.8) is 0 Å². The van der Waals surface area contributed by atoms with Crippen LogP contribution < -0.4 is 0 Å². The molecule has 0 radical (unpaired) electrons. The molecule has 0 aliphatic heterocycles. The van der Waals surface area contributed by atoms with Crippen LogP contribution in [-0.4, -0.2) is 0 Å². The topological polar surface area (TPSA) is 0 Å². The van der Waals surface area contributed by atoms with Crippen LogP contribution in [0.3, 0.4) is 0 Å². The zero-order chi connectivity index (χ0) is 9.19. The van der Waals surface area contributed by atoms with E-state index in [2.05, 4.69) is 48.6 Å². The summed E-state index contributed by atoms with van der Waals surface area (Å²) in [5, 5.41) is 0. The summed E-state index contributed by atoms with van der Waals surface area (Å²) >= 11 is 0. The van der Waals surface area contributed by atoms with Gasteiger partial charge in [0.1, 0.15) is 0 Å². The van der Waals surface area contributed by atoms with E-state index >= 15 is 0 Å². The SMILES string of the molecule is C1=CCCC/C=C/C/C=C\C=C\C1. The second kappa shape index (κ2) is 7.60. The van der Waals surface area contributed by atoms with Crippen LogP contribution in [0.15, 0.2) is 48.6 Å². The van der Waals surface area contributed by atoms with Gasteiger partial charge in [0.05, 0.1) is 0 Å². The second-order valence-electron chi connectivity index (χ2n) is 3.20. The monoisotopic (exact) mass is 174 g/mol. The largest absolute Gasteiger partial charge is 0.0882 e. The number of hydrogen-bond donors (Lipinski definition) is 0. The number of allylic oxidation sites excluding steroid dienone is 8. The molecule has 0 unspecified atom stereocenters. The molecule has 0 aromatic heterocycles. The maximum Gasteiger partial charge on any atom is -0.0166 e. The predicted molar refractivity (Wildman–Crippen MR) is 59.6 cm³/mol. The molecule has 0 amide bonds. The highest BCUT2D eigenvalue weighted by Crippen LogP contribution is 2.01. The Morgan fingerprint density at radius 1 is 0.538 bits per heavy atom. The summed E-state index contributed by atoms with van der Waals surface area (Å²) in [6.07, 6.45) is 23.5. The van der Waals surface area contributed by atoms with Crippen molar-refractivity contribution in [2.45, 2.75) is 32.1 Å². The van der Waals surface area contributed by atoms with E-state index in [0.29, 0.717) is 0 Å². The van der Waals surface area contributed by atoms with Gasteiger partial charge in [0, 0.05) is 0 Å². The summed E-state index contributed by atoms with van der Waals surface area (Å²) in [6.45, 7) is 0. The average molecular weight is 174 g/mol. The first kappa shape index (κ1) is 10.0. The van der Waals surface area contributed by atoms with Crippen LogP contribution >= 0.6 is 0 Å². The van der Waals surface area contributed by atoms with Crippen LogP contribution in [0.2, 0.25) is 0 Å². The van der Waals surface area contributed by atoms with Crippen molar-refractivity contribution in [1.82, 2.24) is 0 Å². The molecule has 1 aliphatic rings. The van der Waals surface area contributed by atoms with Crippen molar-refractivity contribution < 1.29 is 0 Å². The van der Waals surface area contributed by atoms with E-state index in [1.807, 2.05) is 0 Å². The Labute approximate surface area is 81.4 Å². The van der Waals surface area contributed by atoms with Crippen molar-refractivity contribution in [3.8, 4) is 0 Å². The Hall–Kier alpha value is -1.04. The molecule has 13 heavy (non-hydrogen) atoms. The normalized spacial score (nSPS) is 26.5. The van der Waals surface area contributed by atoms with Crippen molar-refractivity contribution >= 4 is 0 Å².